The first-order valence-corrected chi connectivity index (χ1v) is 9.89. The van der Waals surface area contributed by atoms with E-state index < -0.39 is 11.2 Å². The van der Waals surface area contributed by atoms with Crippen molar-refractivity contribution < 1.29 is 14.1 Å². The van der Waals surface area contributed by atoms with Crippen molar-refractivity contribution >= 4 is 34.2 Å². The van der Waals surface area contributed by atoms with Crippen molar-refractivity contribution in [3.8, 4) is 0 Å². The second-order valence-corrected chi connectivity index (χ2v) is 8.89. The number of Topliss-reactive ketones (excluding diaryl/α,β-unsaturated/α-hetero) is 1. The zero-order chi connectivity index (χ0) is 15.7. The number of ketones is 1. The first-order valence-electron chi connectivity index (χ1n) is 7.76. The van der Waals surface area contributed by atoms with E-state index in [0.717, 1.165) is 25.7 Å². The van der Waals surface area contributed by atoms with Crippen LogP contribution in [0.2, 0.25) is 0 Å². The van der Waals surface area contributed by atoms with Crippen molar-refractivity contribution in [2.24, 2.45) is 17.8 Å². The summed E-state index contributed by atoms with van der Waals surface area (Å²) in [6, 6.07) is 0. The average molecular weight is 340 g/mol. The summed E-state index contributed by atoms with van der Waals surface area (Å²) in [5, 5.41) is 2.86. The third kappa shape index (κ3) is 3.07. The normalized spacial score (nSPS) is 28.1. The van der Waals surface area contributed by atoms with Gasteiger partial charge in [0.15, 0.2) is 0 Å². The molecule has 1 aromatic heterocycles. The largest absolute Gasteiger partial charge is 0.610 e. The minimum absolute atomic E-state index is 0.142. The topological polar surface area (TPSA) is 82.1 Å². The standard InChI is InChI=1S/C15H20N2O3S2/c1-2-22(20)15-17-8-12(21-15)14(19)16-6-5-11-9-3-4-10(7-9)13(11)18/h8-11H,2-7H2,1H3,(H,16,19). The zero-order valence-corrected chi connectivity index (χ0v) is 14.2. The minimum atomic E-state index is -1.12. The Labute approximate surface area is 137 Å². The van der Waals surface area contributed by atoms with E-state index in [1.54, 1.807) is 0 Å². The summed E-state index contributed by atoms with van der Waals surface area (Å²) in [5.74, 6) is 1.69. The lowest BCUT2D eigenvalue weighted by Gasteiger charge is -2.20. The van der Waals surface area contributed by atoms with E-state index in [4.69, 9.17) is 0 Å². The van der Waals surface area contributed by atoms with E-state index in [-0.39, 0.29) is 11.8 Å². The smallest absolute Gasteiger partial charge is 0.302 e. The number of hydrogen-bond acceptors (Lipinski definition) is 5. The van der Waals surface area contributed by atoms with Crippen LogP contribution in [-0.4, -0.2) is 33.5 Å². The van der Waals surface area contributed by atoms with Crippen LogP contribution in [0.5, 0.6) is 0 Å². The molecule has 0 aliphatic heterocycles. The summed E-state index contributed by atoms with van der Waals surface area (Å²) < 4.78 is 12.1. The van der Waals surface area contributed by atoms with Gasteiger partial charge in [-0.15, -0.1) is 0 Å². The van der Waals surface area contributed by atoms with Crippen LogP contribution >= 0.6 is 11.3 Å². The van der Waals surface area contributed by atoms with Crippen molar-refractivity contribution in [1.29, 1.82) is 0 Å². The van der Waals surface area contributed by atoms with Crippen LogP contribution in [0, 0.1) is 17.8 Å². The third-order valence-corrected chi connectivity index (χ3v) is 7.33. The Bertz CT molecular complexity index is 575. The molecule has 2 fully saturated rings. The fourth-order valence-corrected chi connectivity index (χ4v) is 5.55. The minimum Gasteiger partial charge on any atom is -0.610 e. The maximum Gasteiger partial charge on any atom is 0.302 e. The van der Waals surface area contributed by atoms with Gasteiger partial charge in [-0.05, 0) is 38.5 Å². The quantitative estimate of drug-likeness (QED) is 0.803. The summed E-state index contributed by atoms with van der Waals surface area (Å²) in [6.07, 6.45) is 5.49. The van der Waals surface area contributed by atoms with E-state index in [1.807, 2.05) is 6.92 Å². The van der Waals surface area contributed by atoms with Crippen LogP contribution in [0.3, 0.4) is 0 Å². The Morgan fingerprint density at radius 2 is 2.36 bits per heavy atom. The SMILES string of the molecule is CC[S+]([O-])c1ncc(C(=O)NCCC2C(=O)C3CCC2C3)s1. The van der Waals surface area contributed by atoms with Crippen LogP contribution in [0.25, 0.3) is 0 Å². The number of thiazole rings is 1. The van der Waals surface area contributed by atoms with Crippen LogP contribution in [0.15, 0.2) is 10.5 Å². The number of rotatable bonds is 6. The number of carbonyl (C=O) groups is 2. The molecule has 1 amide bonds. The van der Waals surface area contributed by atoms with Crippen molar-refractivity contribution in [2.45, 2.75) is 36.9 Å². The van der Waals surface area contributed by atoms with Gasteiger partial charge in [0.25, 0.3) is 5.91 Å². The molecule has 5 nitrogen and oxygen atoms in total. The fraction of sp³-hybridized carbons (Fsp3) is 0.667. The summed E-state index contributed by atoms with van der Waals surface area (Å²) in [7, 11) is 0. The third-order valence-electron chi connectivity index (χ3n) is 4.72. The molecule has 1 N–H and O–H groups in total. The monoisotopic (exact) mass is 340 g/mol. The molecule has 3 rings (SSSR count). The number of amides is 1. The van der Waals surface area contributed by atoms with Crippen LogP contribution in [0.4, 0.5) is 0 Å². The molecule has 1 aromatic rings. The molecule has 4 atom stereocenters. The highest BCUT2D eigenvalue weighted by Gasteiger charge is 2.46. The molecule has 4 unspecified atom stereocenters. The zero-order valence-electron chi connectivity index (χ0n) is 12.5. The second kappa shape index (κ2) is 6.68. The molecule has 0 spiro atoms. The van der Waals surface area contributed by atoms with Crippen molar-refractivity contribution in [1.82, 2.24) is 10.3 Å². The number of hydrogen-bond donors (Lipinski definition) is 1. The number of nitrogens with one attached hydrogen (secondary N) is 1. The van der Waals surface area contributed by atoms with Gasteiger partial charge in [-0.25, -0.2) is 0 Å². The molecule has 0 radical (unpaired) electrons. The molecule has 2 aliphatic rings. The lowest BCUT2D eigenvalue weighted by molar-refractivity contribution is -0.125. The predicted octanol–water partition coefficient (Wildman–Crippen LogP) is 2.01. The van der Waals surface area contributed by atoms with Gasteiger partial charge in [-0.3, -0.25) is 9.59 Å². The number of aromatic nitrogens is 1. The van der Waals surface area contributed by atoms with Crippen molar-refractivity contribution in [2.75, 3.05) is 12.3 Å². The first kappa shape index (κ1) is 16.0. The van der Waals surface area contributed by atoms with Crippen molar-refractivity contribution in [3.63, 3.8) is 0 Å². The van der Waals surface area contributed by atoms with E-state index in [2.05, 4.69) is 10.3 Å². The van der Waals surface area contributed by atoms with Gasteiger partial charge in [-0.2, -0.15) is 4.98 Å². The lowest BCUT2D eigenvalue weighted by atomic mass is 9.85. The Balaban J connectivity index is 1.48. The second-order valence-electron chi connectivity index (χ2n) is 5.95. The molecule has 22 heavy (non-hydrogen) atoms. The van der Waals surface area contributed by atoms with Gasteiger partial charge in [0.05, 0.1) is 6.20 Å². The molecular weight excluding hydrogens is 320 g/mol. The Hall–Kier alpha value is -0.920. The van der Waals surface area contributed by atoms with Gasteiger partial charge in [0.1, 0.15) is 16.4 Å². The van der Waals surface area contributed by atoms with Gasteiger partial charge >= 0.3 is 4.34 Å². The molecular formula is C15H20N2O3S2. The fourth-order valence-electron chi connectivity index (χ4n) is 3.57. The summed E-state index contributed by atoms with van der Waals surface area (Å²) in [4.78, 5) is 28.7. The average Bonchev–Trinajstić information content (AvgIpc) is 3.23. The molecule has 0 aromatic carbocycles. The number of fused-ring (bicyclic) bond motifs is 2. The van der Waals surface area contributed by atoms with E-state index in [9.17, 15) is 14.1 Å². The highest BCUT2D eigenvalue weighted by molar-refractivity contribution is 7.93. The molecule has 2 saturated carbocycles. The van der Waals surface area contributed by atoms with Gasteiger partial charge in [0, 0.05) is 29.6 Å². The predicted molar refractivity (Wildman–Crippen MR) is 85.3 cm³/mol. The van der Waals surface area contributed by atoms with E-state index >= 15 is 0 Å². The molecule has 7 heteroatoms. The molecule has 0 saturated heterocycles. The number of carbonyl (C=O) groups excluding carboxylic acids is 2. The van der Waals surface area contributed by atoms with Crippen LogP contribution in [-0.2, 0) is 16.0 Å². The van der Waals surface area contributed by atoms with E-state index in [0.29, 0.717) is 39.1 Å². The van der Waals surface area contributed by atoms with Gasteiger partial charge in [-0.1, -0.05) is 11.3 Å². The summed E-state index contributed by atoms with van der Waals surface area (Å²) in [6.45, 7) is 2.34. The summed E-state index contributed by atoms with van der Waals surface area (Å²) in [5.41, 5.74) is 0. The maximum absolute atomic E-state index is 12.1. The number of nitrogens with zero attached hydrogens (tertiary/aromatic N) is 1. The van der Waals surface area contributed by atoms with Gasteiger partial charge in [0.2, 0.25) is 0 Å². The maximum atomic E-state index is 12.1. The Kier molecular flexibility index (Phi) is 4.84. The highest BCUT2D eigenvalue weighted by atomic mass is 32.2. The lowest BCUT2D eigenvalue weighted by Crippen LogP contribution is -2.29. The summed E-state index contributed by atoms with van der Waals surface area (Å²) >= 11 is 0.0619. The van der Waals surface area contributed by atoms with Crippen LogP contribution < -0.4 is 5.32 Å². The Morgan fingerprint density at radius 3 is 3.05 bits per heavy atom. The Morgan fingerprint density at radius 1 is 1.55 bits per heavy atom. The molecule has 2 aliphatic carbocycles. The highest BCUT2D eigenvalue weighted by Crippen LogP contribution is 2.46. The molecule has 1 heterocycles. The van der Waals surface area contributed by atoms with E-state index in [1.165, 1.54) is 17.5 Å². The molecule has 2 bridgehead atoms. The first-order chi connectivity index (χ1) is 10.6. The van der Waals surface area contributed by atoms with Crippen LogP contribution in [0.1, 0.15) is 42.3 Å². The van der Waals surface area contributed by atoms with Crippen molar-refractivity contribution in [3.05, 3.63) is 11.1 Å². The van der Waals surface area contributed by atoms with Gasteiger partial charge < -0.3 is 9.87 Å². The molecule has 120 valence electrons.